The third-order valence-electron chi connectivity index (χ3n) is 4.94. The topological polar surface area (TPSA) is 66.3 Å². The zero-order valence-electron chi connectivity index (χ0n) is 15.0. The molecule has 0 saturated carbocycles. The fourth-order valence-electron chi connectivity index (χ4n) is 3.58. The number of aromatic nitrogens is 1. The Morgan fingerprint density at radius 2 is 2.08 bits per heavy atom. The van der Waals surface area contributed by atoms with Gasteiger partial charge < -0.3 is 20.3 Å². The Kier molecular flexibility index (Phi) is 6.73. The number of rotatable bonds is 5. The third kappa shape index (κ3) is 4.10. The van der Waals surface area contributed by atoms with E-state index in [1.807, 2.05) is 13.0 Å². The Morgan fingerprint density at radius 3 is 2.76 bits per heavy atom. The molecule has 0 radical (unpaired) electrons. The number of fused-ring (bicyclic) bond motifs is 1. The first-order chi connectivity index (χ1) is 11.6. The number of piperidine rings is 1. The normalized spacial score (nSPS) is 15.1. The van der Waals surface area contributed by atoms with Gasteiger partial charge in [-0.15, -0.1) is 12.4 Å². The van der Waals surface area contributed by atoms with Crippen molar-refractivity contribution in [3.8, 4) is 5.75 Å². The molecule has 0 aliphatic carbocycles. The van der Waals surface area contributed by atoms with Crippen LogP contribution in [0, 0.1) is 6.92 Å². The molecule has 138 valence electrons. The lowest BCUT2D eigenvalue weighted by molar-refractivity contribution is 0.0930. The Hall–Kier alpha value is -1.72. The zero-order valence-corrected chi connectivity index (χ0v) is 15.8. The van der Waals surface area contributed by atoms with Gasteiger partial charge in [0.1, 0.15) is 5.75 Å². The molecule has 0 unspecified atom stereocenters. The molecule has 1 aliphatic heterocycles. The van der Waals surface area contributed by atoms with Crippen molar-refractivity contribution in [3.05, 3.63) is 29.5 Å². The summed E-state index contributed by atoms with van der Waals surface area (Å²) in [5, 5.41) is 17.2. The number of phenolic OH excluding ortho intramolecular Hbond substituents is 1. The smallest absolute Gasteiger partial charge is 0.253 e. The highest BCUT2D eigenvalue weighted by atomic mass is 35.5. The maximum atomic E-state index is 12.9. The van der Waals surface area contributed by atoms with Crippen LogP contribution in [0.25, 0.3) is 10.9 Å². The standard InChI is InChI=1S/C19H27N3O2.ClH/c1-3-4-11-22-13(2)18(16-12-15(23)5-6-17(16)22)19(24)21-14-7-9-20-10-8-14;/h5-6,12,14,20,23H,3-4,7-11H2,1-2H3,(H,21,24);1H. The fourth-order valence-corrected chi connectivity index (χ4v) is 3.58. The summed E-state index contributed by atoms with van der Waals surface area (Å²) in [5.41, 5.74) is 2.71. The summed E-state index contributed by atoms with van der Waals surface area (Å²) in [6, 6.07) is 5.54. The van der Waals surface area contributed by atoms with Gasteiger partial charge in [-0.3, -0.25) is 4.79 Å². The maximum absolute atomic E-state index is 12.9. The highest BCUT2D eigenvalue weighted by Crippen LogP contribution is 2.29. The van der Waals surface area contributed by atoms with Crippen LogP contribution in [0.15, 0.2) is 18.2 Å². The first-order valence-electron chi connectivity index (χ1n) is 8.95. The Balaban J connectivity index is 0.00000225. The molecule has 2 aromatic rings. The summed E-state index contributed by atoms with van der Waals surface area (Å²) in [5.74, 6) is 0.177. The number of nitrogens with zero attached hydrogens (tertiary/aromatic N) is 1. The molecule has 3 N–H and O–H groups in total. The van der Waals surface area contributed by atoms with Crippen molar-refractivity contribution >= 4 is 29.2 Å². The van der Waals surface area contributed by atoms with Crippen LogP contribution in [0.3, 0.4) is 0 Å². The van der Waals surface area contributed by atoms with Gasteiger partial charge in [-0.1, -0.05) is 13.3 Å². The number of nitrogens with one attached hydrogen (secondary N) is 2. The number of halogens is 1. The average Bonchev–Trinajstić information content (AvgIpc) is 2.84. The van der Waals surface area contributed by atoms with Crippen LogP contribution < -0.4 is 10.6 Å². The van der Waals surface area contributed by atoms with Crippen LogP contribution in [-0.4, -0.2) is 34.7 Å². The molecule has 1 amide bonds. The lowest BCUT2D eigenvalue weighted by Crippen LogP contribution is -2.42. The van der Waals surface area contributed by atoms with Crippen molar-refractivity contribution in [3.63, 3.8) is 0 Å². The average molecular weight is 366 g/mol. The second-order valence-corrected chi connectivity index (χ2v) is 6.66. The summed E-state index contributed by atoms with van der Waals surface area (Å²) >= 11 is 0. The SMILES string of the molecule is CCCCn1c(C)c(C(=O)NC2CCNCC2)c2cc(O)ccc21.Cl. The molecule has 25 heavy (non-hydrogen) atoms. The van der Waals surface area contributed by atoms with E-state index in [0.717, 1.165) is 61.9 Å². The van der Waals surface area contributed by atoms with Crippen molar-refractivity contribution in [1.82, 2.24) is 15.2 Å². The molecule has 1 fully saturated rings. The van der Waals surface area contributed by atoms with Gasteiger partial charge >= 0.3 is 0 Å². The van der Waals surface area contributed by atoms with Crippen LogP contribution >= 0.6 is 12.4 Å². The summed E-state index contributed by atoms with van der Waals surface area (Å²) in [4.78, 5) is 12.9. The molecule has 0 atom stereocenters. The van der Waals surface area contributed by atoms with Gasteiger partial charge in [0, 0.05) is 29.2 Å². The molecule has 1 saturated heterocycles. The molecule has 1 aromatic heterocycles. The second-order valence-electron chi connectivity index (χ2n) is 6.66. The fraction of sp³-hybridized carbons (Fsp3) is 0.526. The minimum atomic E-state index is -0.0229. The van der Waals surface area contributed by atoms with Gasteiger partial charge in [-0.2, -0.15) is 0 Å². The lowest BCUT2D eigenvalue weighted by atomic mass is 10.0. The summed E-state index contributed by atoms with van der Waals surface area (Å²) in [6.45, 7) is 6.96. The summed E-state index contributed by atoms with van der Waals surface area (Å²) in [7, 11) is 0. The van der Waals surface area contributed by atoms with E-state index in [-0.39, 0.29) is 30.1 Å². The molecule has 1 aliphatic rings. The zero-order chi connectivity index (χ0) is 17.1. The number of aryl methyl sites for hydroxylation is 1. The maximum Gasteiger partial charge on any atom is 0.253 e. The number of hydrogen-bond acceptors (Lipinski definition) is 3. The molecule has 6 heteroatoms. The molecule has 3 rings (SSSR count). The molecule has 5 nitrogen and oxygen atoms in total. The van der Waals surface area contributed by atoms with Crippen molar-refractivity contribution in [1.29, 1.82) is 0 Å². The van der Waals surface area contributed by atoms with Gasteiger partial charge in [-0.05, 0) is 57.5 Å². The number of hydrogen-bond donors (Lipinski definition) is 3. The Morgan fingerprint density at radius 1 is 1.36 bits per heavy atom. The van der Waals surface area contributed by atoms with Crippen molar-refractivity contribution in [2.45, 2.75) is 52.1 Å². The third-order valence-corrected chi connectivity index (χ3v) is 4.94. The van der Waals surface area contributed by atoms with Gasteiger partial charge in [0.05, 0.1) is 5.56 Å². The number of amides is 1. The van der Waals surface area contributed by atoms with E-state index < -0.39 is 0 Å². The highest BCUT2D eigenvalue weighted by molar-refractivity contribution is 6.08. The van der Waals surface area contributed by atoms with Crippen LogP contribution in [0.4, 0.5) is 0 Å². The molecule has 0 bridgehead atoms. The van der Waals surface area contributed by atoms with E-state index >= 15 is 0 Å². The van der Waals surface area contributed by atoms with Crippen LogP contribution in [0.1, 0.15) is 48.7 Å². The van der Waals surface area contributed by atoms with Gasteiger partial charge in [-0.25, -0.2) is 0 Å². The van der Waals surface area contributed by atoms with Crippen molar-refractivity contribution in [2.24, 2.45) is 0 Å². The van der Waals surface area contributed by atoms with E-state index in [4.69, 9.17) is 0 Å². The minimum absolute atomic E-state index is 0. The predicted octanol–water partition coefficient (Wildman–Crippen LogP) is 3.36. The van der Waals surface area contributed by atoms with E-state index in [1.54, 1.807) is 12.1 Å². The summed E-state index contributed by atoms with van der Waals surface area (Å²) in [6.07, 6.45) is 4.10. The molecular formula is C19H28ClN3O2. The minimum Gasteiger partial charge on any atom is -0.508 e. The number of aromatic hydroxyl groups is 1. The van der Waals surface area contributed by atoms with Crippen molar-refractivity contribution in [2.75, 3.05) is 13.1 Å². The Labute approximate surface area is 155 Å². The predicted molar refractivity (Wildman–Crippen MR) is 104 cm³/mol. The molecule has 0 spiro atoms. The van der Waals surface area contributed by atoms with E-state index in [9.17, 15) is 9.90 Å². The quantitative estimate of drug-likeness (QED) is 0.761. The largest absolute Gasteiger partial charge is 0.508 e. The van der Waals surface area contributed by atoms with E-state index in [2.05, 4.69) is 22.1 Å². The van der Waals surface area contributed by atoms with Gasteiger partial charge in [0.15, 0.2) is 0 Å². The second kappa shape index (κ2) is 8.59. The van der Waals surface area contributed by atoms with E-state index in [0.29, 0.717) is 5.56 Å². The Bertz CT molecular complexity index is 736. The number of carbonyl (C=O) groups excluding carboxylic acids is 1. The number of carbonyl (C=O) groups is 1. The van der Waals surface area contributed by atoms with E-state index in [1.165, 1.54) is 0 Å². The number of phenols is 1. The number of benzene rings is 1. The van der Waals surface area contributed by atoms with Gasteiger partial charge in [0.2, 0.25) is 0 Å². The lowest BCUT2D eigenvalue weighted by Gasteiger charge is -2.23. The number of unbranched alkanes of at least 4 members (excludes halogenated alkanes) is 1. The summed E-state index contributed by atoms with van der Waals surface area (Å²) < 4.78 is 2.20. The van der Waals surface area contributed by atoms with Crippen LogP contribution in [0.5, 0.6) is 5.75 Å². The molecule has 1 aromatic carbocycles. The highest BCUT2D eigenvalue weighted by Gasteiger charge is 2.23. The van der Waals surface area contributed by atoms with Crippen molar-refractivity contribution < 1.29 is 9.90 Å². The van der Waals surface area contributed by atoms with Crippen LogP contribution in [0.2, 0.25) is 0 Å². The molecule has 2 heterocycles. The monoisotopic (exact) mass is 365 g/mol. The molecular weight excluding hydrogens is 338 g/mol. The first-order valence-corrected chi connectivity index (χ1v) is 8.95. The first kappa shape index (κ1) is 19.6. The van der Waals surface area contributed by atoms with Crippen LogP contribution in [-0.2, 0) is 6.54 Å². The van der Waals surface area contributed by atoms with Gasteiger partial charge in [0.25, 0.3) is 5.91 Å².